The van der Waals surface area contributed by atoms with Crippen LogP contribution in [-0.4, -0.2) is 25.7 Å². The van der Waals surface area contributed by atoms with Crippen LogP contribution < -0.4 is 10.6 Å². The minimum atomic E-state index is 0.590. The Labute approximate surface area is 121 Å². The summed E-state index contributed by atoms with van der Waals surface area (Å²) in [5, 5.41) is 6.76. The van der Waals surface area contributed by atoms with Gasteiger partial charge in [-0.2, -0.15) is 0 Å². The van der Waals surface area contributed by atoms with E-state index in [1.54, 1.807) is 7.11 Å². The molecule has 0 aliphatic heterocycles. The Morgan fingerprint density at radius 1 is 1.40 bits per heavy atom. The average Bonchev–Trinajstić information content (AvgIpc) is 3.13. The molecule has 0 radical (unpaired) electrons. The van der Waals surface area contributed by atoms with Crippen LogP contribution in [0.15, 0.2) is 29.3 Å². The first-order chi connectivity index (χ1) is 9.72. The van der Waals surface area contributed by atoms with Gasteiger partial charge in [-0.05, 0) is 30.4 Å². The van der Waals surface area contributed by atoms with Crippen LogP contribution in [0.3, 0.4) is 0 Å². The van der Waals surface area contributed by atoms with Gasteiger partial charge in [-0.1, -0.05) is 31.2 Å². The summed E-state index contributed by atoms with van der Waals surface area (Å²) in [4.78, 5) is 4.65. The molecule has 0 heterocycles. The van der Waals surface area contributed by atoms with Crippen LogP contribution in [0.1, 0.15) is 31.4 Å². The van der Waals surface area contributed by atoms with Crippen molar-refractivity contribution in [2.24, 2.45) is 10.9 Å². The van der Waals surface area contributed by atoms with Gasteiger partial charge in [0.2, 0.25) is 0 Å². The number of benzene rings is 1. The second-order valence-corrected chi connectivity index (χ2v) is 5.41. The maximum absolute atomic E-state index is 5.16. The maximum atomic E-state index is 5.16. The highest BCUT2D eigenvalue weighted by atomic mass is 16.5. The molecule has 1 fully saturated rings. The first-order valence-corrected chi connectivity index (χ1v) is 7.34. The maximum Gasteiger partial charge on any atom is 0.191 e. The van der Waals surface area contributed by atoms with Crippen LogP contribution in [0.4, 0.5) is 0 Å². The SMILES string of the molecule is CCNC(=NCc1cccc(COC)c1)NC1CC1C. The van der Waals surface area contributed by atoms with Gasteiger partial charge in [0.25, 0.3) is 0 Å². The second-order valence-electron chi connectivity index (χ2n) is 5.41. The molecule has 2 N–H and O–H groups in total. The lowest BCUT2D eigenvalue weighted by molar-refractivity contribution is 0.185. The Kier molecular flexibility index (Phi) is 5.41. The first-order valence-electron chi connectivity index (χ1n) is 7.34. The van der Waals surface area contributed by atoms with Gasteiger partial charge in [-0.25, -0.2) is 4.99 Å². The van der Waals surface area contributed by atoms with Gasteiger partial charge in [-0.15, -0.1) is 0 Å². The number of nitrogens with zero attached hydrogens (tertiary/aromatic N) is 1. The van der Waals surface area contributed by atoms with E-state index in [-0.39, 0.29) is 0 Å². The molecule has 2 rings (SSSR count). The molecule has 1 aliphatic rings. The highest BCUT2D eigenvalue weighted by Gasteiger charge is 2.33. The van der Waals surface area contributed by atoms with E-state index in [1.807, 2.05) is 0 Å². The normalized spacial score (nSPS) is 21.6. The van der Waals surface area contributed by atoms with Crippen LogP contribution in [0.5, 0.6) is 0 Å². The van der Waals surface area contributed by atoms with Crippen molar-refractivity contribution in [3.8, 4) is 0 Å². The van der Waals surface area contributed by atoms with Crippen molar-refractivity contribution in [1.82, 2.24) is 10.6 Å². The van der Waals surface area contributed by atoms with Crippen LogP contribution in [0.2, 0.25) is 0 Å². The molecule has 1 saturated carbocycles. The number of methoxy groups -OCH3 is 1. The number of ether oxygens (including phenoxy) is 1. The van der Waals surface area contributed by atoms with Crippen molar-refractivity contribution in [3.63, 3.8) is 0 Å². The van der Waals surface area contributed by atoms with Gasteiger partial charge in [0.05, 0.1) is 13.2 Å². The summed E-state index contributed by atoms with van der Waals surface area (Å²) in [6.45, 7) is 6.57. The summed E-state index contributed by atoms with van der Waals surface area (Å²) in [5.74, 6) is 1.68. The molecule has 2 unspecified atom stereocenters. The fourth-order valence-corrected chi connectivity index (χ4v) is 2.17. The molecule has 0 saturated heterocycles. The number of rotatable bonds is 6. The van der Waals surface area contributed by atoms with E-state index < -0.39 is 0 Å². The summed E-state index contributed by atoms with van der Waals surface area (Å²) in [5.41, 5.74) is 2.40. The lowest BCUT2D eigenvalue weighted by Gasteiger charge is -2.11. The second kappa shape index (κ2) is 7.29. The van der Waals surface area contributed by atoms with Gasteiger partial charge in [0.1, 0.15) is 0 Å². The van der Waals surface area contributed by atoms with Gasteiger partial charge in [0.15, 0.2) is 5.96 Å². The zero-order chi connectivity index (χ0) is 14.4. The van der Waals surface area contributed by atoms with Crippen molar-refractivity contribution in [2.75, 3.05) is 13.7 Å². The summed E-state index contributed by atoms with van der Waals surface area (Å²) in [7, 11) is 1.72. The smallest absolute Gasteiger partial charge is 0.191 e. The van der Waals surface area contributed by atoms with E-state index >= 15 is 0 Å². The van der Waals surface area contributed by atoms with Gasteiger partial charge < -0.3 is 15.4 Å². The molecule has 0 bridgehead atoms. The highest BCUT2D eigenvalue weighted by Crippen LogP contribution is 2.28. The van der Waals surface area contributed by atoms with Gasteiger partial charge >= 0.3 is 0 Å². The molecule has 4 nitrogen and oxygen atoms in total. The molecular formula is C16H25N3O. The van der Waals surface area contributed by atoms with Crippen molar-refractivity contribution < 1.29 is 4.74 Å². The first kappa shape index (κ1) is 14.9. The predicted molar refractivity (Wildman–Crippen MR) is 82.7 cm³/mol. The standard InChI is InChI=1S/C16H25N3O/c1-4-17-16(19-15-8-12(15)2)18-10-13-6-5-7-14(9-13)11-20-3/h5-7,9,12,15H,4,8,10-11H2,1-3H3,(H2,17,18,19). The zero-order valence-corrected chi connectivity index (χ0v) is 12.6. The minimum Gasteiger partial charge on any atom is -0.380 e. The molecule has 0 aromatic heterocycles. The predicted octanol–water partition coefficient (Wildman–Crippen LogP) is 2.30. The lowest BCUT2D eigenvalue weighted by Crippen LogP contribution is -2.39. The number of hydrogen-bond donors (Lipinski definition) is 2. The van der Waals surface area contributed by atoms with E-state index in [4.69, 9.17) is 4.74 Å². The summed E-state index contributed by atoms with van der Waals surface area (Å²) >= 11 is 0. The third-order valence-electron chi connectivity index (χ3n) is 3.50. The number of aliphatic imine (C=N–C) groups is 1. The molecule has 4 heteroatoms. The largest absolute Gasteiger partial charge is 0.380 e. The molecule has 2 atom stereocenters. The molecule has 0 spiro atoms. The molecule has 0 amide bonds. The fourth-order valence-electron chi connectivity index (χ4n) is 2.17. The van der Waals surface area contributed by atoms with E-state index in [0.29, 0.717) is 19.2 Å². The summed E-state index contributed by atoms with van der Waals surface area (Å²) in [6.07, 6.45) is 1.24. The van der Waals surface area contributed by atoms with Crippen molar-refractivity contribution in [3.05, 3.63) is 35.4 Å². The van der Waals surface area contributed by atoms with E-state index in [9.17, 15) is 0 Å². The van der Waals surface area contributed by atoms with Crippen molar-refractivity contribution >= 4 is 5.96 Å². The zero-order valence-electron chi connectivity index (χ0n) is 12.6. The van der Waals surface area contributed by atoms with Crippen LogP contribution in [-0.2, 0) is 17.9 Å². The third kappa shape index (κ3) is 4.53. The molecule has 20 heavy (non-hydrogen) atoms. The fraction of sp³-hybridized carbons (Fsp3) is 0.562. The Morgan fingerprint density at radius 3 is 2.80 bits per heavy atom. The van der Waals surface area contributed by atoms with E-state index in [2.05, 4.69) is 53.7 Å². The van der Waals surface area contributed by atoms with E-state index in [1.165, 1.54) is 17.5 Å². The molecule has 110 valence electrons. The number of guanidine groups is 1. The van der Waals surface area contributed by atoms with Gasteiger partial charge in [-0.3, -0.25) is 0 Å². The lowest BCUT2D eigenvalue weighted by atomic mass is 10.1. The van der Waals surface area contributed by atoms with Crippen LogP contribution >= 0.6 is 0 Å². The van der Waals surface area contributed by atoms with Crippen molar-refractivity contribution in [1.29, 1.82) is 0 Å². The topological polar surface area (TPSA) is 45.7 Å². The Bertz CT molecular complexity index is 459. The average molecular weight is 275 g/mol. The molecule has 1 aliphatic carbocycles. The van der Waals surface area contributed by atoms with Crippen molar-refractivity contribution in [2.45, 2.75) is 39.5 Å². The number of nitrogens with one attached hydrogen (secondary N) is 2. The Morgan fingerprint density at radius 2 is 2.15 bits per heavy atom. The number of hydrogen-bond acceptors (Lipinski definition) is 2. The monoisotopic (exact) mass is 275 g/mol. The molecule has 1 aromatic rings. The van der Waals surface area contributed by atoms with E-state index in [0.717, 1.165) is 18.4 Å². The summed E-state index contributed by atoms with van der Waals surface area (Å²) in [6, 6.07) is 8.98. The van der Waals surface area contributed by atoms with Gasteiger partial charge in [0, 0.05) is 19.7 Å². The van der Waals surface area contributed by atoms with Crippen LogP contribution in [0, 0.1) is 5.92 Å². The van der Waals surface area contributed by atoms with Crippen LogP contribution in [0.25, 0.3) is 0 Å². The third-order valence-corrected chi connectivity index (χ3v) is 3.50. The highest BCUT2D eigenvalue weighted by molar-refractivity contribution is 5.80. The Balaban J connectivity index is 1.95. The molecular weight excluding hydrogens is 250 g/mol. The Hall–Kier alpha value is -1.55. The minimum absolute atomic E-state index is 0.590. The summed E-state index contributed by atoms with van der Waals surface area (Å²) < 4.78 is 5.16. The molecule has 1 aromatic carbocycles. The quantitative estimate of drug-likeness (QED) is 0.618.